The summed E-state index contributed by atoms with van der Waals surface area (Å²) in [5, 5.41) is 9.70. The van der Waals surface area contributed by atoms with Gasteiger partial charge in [-0.25, -0.2) is 4.39 Å². The molecule has 2 nitrogen and oxygen atoms in total. The molecule has 1 rings (SSSR count). The first-order chi connectivity index (χ1) is 7.90. The molecule has 1 aliphatic rings. The van der Waals surface area contributed by atoms with Gasteiger partial charge in [0.25, 0.3) is 0 Å². The second-order valence-corrected chi connectivity index (χ2v) is 7.04. The van der Waals surface area contributed by atoms with Crippen LogP contribution in [0.1, 0.15) is 41.5 Å². The number of hydrogen-bond donors (Lipinski definition) is 1. The highest BCUT2D eigenvalue weighted by molar-refractivity contribution is 5.81. The Kier molecular flexibility index (Phi) is 3.27. The van der Waals surface area contributed by atoms with Gasteiger partial charge in [-0.1, -0.05) is 59.8 Å². The summed E-state index contributed by atoms with van der Waals surface area (Å²) >= 11 is 0. The molecular weight excluding hydrogens is 231 g/mol. The van der Waals surface area contributed by atoms with Crippen molar-refractivity contribution >= 4 is 5.97 Å². The minimum absolute atomic E-state index is 0.734. The molecule has 2 atom stereocenters. The molecule has 0 saturated carbocycles. The van der Waals surface area contributed by atoms with Gasteiger partial charge in [0.15, 0.2) is 5.67 Å². The normalized spacial score (nSPS) is 32.6. The SMILES string of the molecule is CC(C)(C)C1(F)C=CC=CC1(C(=O)O)C(C)(C)C. The lowest BCUT2D eigenvalue weighted by molar-refractivity contribution is -0.171. The van der Waals surface area contributed by atoms with Crippen molar-refractivity contribution in [2.75, 3.05) is 0 Å². The van der Waals surface area contributed by atoms with Gasteiger partial charge in [0.05, 0.1) is 0 Å². The van der Waals surface area contributed by atoms with Crippen molar-refractivity contribution in [1.29, 1.82) is 0 Å². The summed E-state index contributed by atoms with van der Waals surface area (Å²) in [6.07, 6.45) is 6.12. The fourth-order valence-electron chi connectivity index (χ4n) is 2.83. The number of aliphatic carboxylic acids is 1. The molecule has 0 aromatic carbocycles. The lowest BCUT2D eigenvalue weighted by atomic mass is 9.50. The fraction of sp³-hybridized carbons (Fsp3) is 0.667. The van der Waals surface area contributed by atoms with E-state index in [1.165, 1.54) is 12.2 Å². The Morgan fingerprint density at radius 3 is 1.72 bits per heavy atom. The molecule has 0 radical (unpaired) electrons. The van der Waals surface area contributed by atoms with Crippen LogP contribution in [0.2, 0.25) is 0 Å². The molecule has 0 aliphatic heterocycles. The third kappa shape index (κ3) is 1.72. The molecule has 1 N–H and O–H groups in total. The molecule has 0 saturated heterocycles. The van der Waals surface area contributed by atoms with E-state index >= 15 is 4.39 Å². The Hall–Kier alpha value is -1.12. The average molecular weight is 254 g/mol. The van der Waals surface area contributed by atoms with Crippen LogP contribution < -0.4 is 0 Å². The number of alkyl halides is 1. The summed E-state index contributed by atoms with van der Waals surface area (Å²) in [7, 11) is 0. The van der Waals surface area contributed by atoms with E-state index < -0.39 is 27.9 Å². The number of rotatable bonds is 1. The number of carboxylic acid groups (broad SMARTS) is 1. The van der Waals surface area contributed by atoms with Crippen molar-refractivity contribution in [1.82, 2.24) is 0 Å². The zero-order valence-corrected chi connectivity index (χ0v) is 12.0. The van der Waals surface area contributed by atoms with Gasteiger partial charge >= 0.3 is 5.97 Å². The Bertz CT molecular complexity index is 409. The molecule has 0 heterocycles. The van der Waals surface area contributed by atoms with Crippen molar-refractivity contribution in [2.24, 2.45) is 16.2 Å². The Morgan fingerprint density at radius 1 is 1.00 bits per heavy atom. The van der Waals surface area contributed by atoms with Crippen LogP contribution in [-0.2, 0) is 4.79 Å². The van der Waals surface area contributed by atoms with Crippen LogP contribution in [-0.4, -0.2) is 16.7 Å². The molecule has 0 fully saturated rings. The van der Waals surface area contributed by atoms with Crippen LogP contribution in [0.4, 0.5) is 4.39 Å². The van der Waals surface area contributed by atoms with E-state index in [1.807, 2.05) is 0 Å². The smallest absolute Gasteiger partial charge is 0.317 e. The van der Waals surface area contributed by atoms with Crippen molar-refractivity contribution in [2.45, 2.75) is 47.2 Å². The van der Waals surface area contributed by atoms with Crippen LogP contribution in [0.5, 0.6) is 0 Å². The molecule has 0 amide bonds. The first-order valence-corrected chi connectivity index (χ1v) is 6.19. The number of carbonyl (C=O) groups is 1. The molecular formula is C15H23FO2. The summed E-state index contributed by atoms with van der Waals surface area (Å²) in [6, 6.07) is 0. The fourth-order valence-corrected chi connectivity index (χ4v) is 2.83. The largest absolute Gasteiger partial charge is 0.480 e. The minimum atomic E-state index is -1.93. The first-order valence-electron chi connectivity index (χ1n) is 6.19. The maximum atomic E-state index is 15.6. The van der Waals surface area contributed by atoms with Crippen LogP contribution >= 0.6 is 0 Å². The summed E-state index contributed by atoms with van der Waals surface area (Å²) < 4.78 is 15.6. The van der Waals surface area contributed by atoms with Crippen molar-refractivity contribution in [3.63, 3.8) is 0 Å². The average Bonchev–Trinajstić information content (AvgIpc) is 2.14. The summed E-state index contributed by atoms with van der Waals surface area (Å²) in [5.74, 6) is -1.12. The lowest BCUT2D eigenvalue weighted by Gasteiger charge is -2.53. The van der Waals surface area contributed by atoms with E-state index in [4.69, 9.17) is 0 Å². The highest BCUT2D eigenvalue weighted by atomic mass is 19.1. The summed E-state index contributed by atoms with van der Waals surface area (Å²) in [6.45, 7) is 10.5. The van der Waals surface area contributed by atoms with E-state index in [2.05, 4.69) is 0 Å². The number of carboxylic acids is 1. The van der Waals surface area contributed by atoms with Gasteiger partial charge in [-0.15, -0.1) is 0 Å². The molecule has 102 valence electrons. The van der Waals surface area contributed by atoms with Crippen molar-refractivity contribution < 1.29 is 14.3 Å². The van der Waals surface area contributed by atoms with Gasteiger partial charge in [-0.05, 0) is 11.5 Å². The van der Waals surface area contributed by atoms with E-state index in [1.54, 1.807) is 53.7 Å². The third-order valence-corrected chi connectivity index (χ3v) is 3.97. The number of halogens is 1. The predicted octanol–water partition coefficient (Wildman–Crippen LogP) is 3.98. The quantitative estimate of drug-likeness (QED) is 0.768. The second kappa shape index (κ2) is 3.94. The topological polar surface area (TPSA) is 37.3 Å². The van der Waals surface area contributed by atoms with Crippen LogP contribution in [0, 0.1) is 16.2 Å². The second-order valence-electron chi connectivity index (χ2n) is 7.04. The Balaban J connectivity index is 3.64. The maximum Gasteiger partial charge on any atom is 0.317 e. The highest BCUT2D eigenvalue weighted by Gasteiger charge is 2.66. The van der Waals surface area contributed by atoms with Crippen molar-refractivity contribution in [3.8, 4) is 0 Å². The van der Waals surface area contributed by atoms with Crippen LogP contribution in [0.15, 0.2) is 24.3 Å². The van der Waals surface area contributed by atoms with Gasteiger partial charge in [-0.2, -0.15) is 0 Å². The van der Waals surface area contributed by atoms with E-state index in [0.717, 1.165) is 0 Å². The molecule has 0 aromatic rings. The molecule has 0 spiro atoms. The standard InChI is InChI=1S/C15H23FO2/c1-12(2,3)14(11(17)18)9-7-8-10-15(14,16)13(4,5)6/h7-10H,1-6H3,(H,17,18). The monoisotopic (exact) mass is 254 g/mol. The van der Waals surface area contributed by atoms with Gasteiger partial charge in [-0.3, -0.25) is 4.79 Å². The van der Waals surface area contributed by atoms with Gasteiger partial charge in [0, 0.05) is 5.41 Å². The highest BCUT2D eigenvalue weighted by Crippen LogP contribution is 2.59. The third-order valence-electron chi connectivity index (χ3n) is 3.97. The number of hydrogen-bond acceptors (Lipinski definition) is 1. The summed E-state index contributed by atoms with van der Waals surface area (Å²) in [4.78, 5) is 11.9. The maximum absolute atomic E-state index is 15.6. The van der Waals surface area contributed by atoms with E-state index in [0.29, 0.717) is 0 Å². The zero-order chi connectivity index (χ0) is 14.4. The molecule has 18 heavy (non-hydrogen) atoms. The van der Waals surface area contributed by atoms with Crippen LogP contribution in [0.25, 0.3) is 0 Å². The van der Waals surface area contributed by atoms with Crippen LogP contribution in [0.3, 0.4) is 0 Å². The molecule has 0 bridgehead atoms. The zero-order valence-electron chi connectivity index (χ0n) is 12.0. The molecule has 2 unspecified atom stereocenters. The Morgan fingerprint density at radius 2 is 1.44 bits per heavy atom. The van der Waals surface area contributed by atoms with E-state index in [-0.39, 0.29) is 0 Å². The predicted molar refractivity (Wildman–Crippen MR) is 71.1 cm³/mol. The van der Waals surface area contributed by atoms with Gasteiger partial charge in [0.2, 0.25) is 0 Å². The van der Waals surface area contributed by atoms with E-state index in [9.17, 15) is 9.90 Å². The van der Waals surface area contributed by atoms with Crippen molar-refractivity contribution in [3.05, 3.63) is 24.3 Å². The molecule has 3 heteroatoms. The summed E-state index contributed by atoms with van der Waals surface area (Å²) in [5.41, 5.74) is -5.03. The Labute approximate surface area is 109 Å². The van der Waals surface area contributed by atoms with Gasteiger partial charge in [0.1, 0.15) is 5.41 Å². The van der Waals surface area contributed by atoms with Gasteiger partial charge < -0.3 is 5.11 Å². The lowest BCUT2D eigenvalue weighted by Crippen LogP contribution is -2.61. The molecule has 1 aliphatic carbocycles. The number of allylic oxidation sites excluding steroid dienone is 3. The first kappa shape index (κ1) is 14.9. The minimum Gasteiger partial charge on any atom is -0.480 e. The molecule has 0 aromatic heterocycles.